The first-order chi connectivity index (χ1) is 17.6. The number of esters is 1. The van der Waals surface area contributed by atoms with Gasteiger partial charge in [-0.25, -0.2) is 9.88 Å². The van der Waals surface area contributed by atoms with E-state index in [2.05, 4.69) is 5.32 Å². The zero-order chi connectivity index (χ0) is 26.6. The van der Waals surface area contributed by atoms with E-state index in [4.69, 9.17) is 9.72 Å². The van der Waals surface area contributed by atoms with Gasteiger partial charge in [-0.3, -0.25) is 28.9 Å². The highest BCUT2D eigenvalue weighted by atomic mass is 16.5. The quantitative estimate of drug-likeness (QED) is 0.414. The van der Waals surface area contributed by atoms with Crippen LogP contribution in [0.5, 0.6) is 0 Å². The number of carbonyl (C=O) groups excluding carboxylic acids is 3. The molecule has 0 spiro atoms. The number of benzene rings is 1. The third-order valence-corrected chi connectivity index (χ3v) is 7.53. The number of hydrogen-bond acceptors (Lipinski definition) is 8. The molecule has 0 saturated carbocycles. The Morgan fingerprint density at radius 3 is 2.35 bits per heavy atom. The van der Waals surface area contributed by atoms with Crippen LogP contribution in [0.4, 0.5) is 11.5 Å². The van der Waals surface area contributed by atoms with E-state index in [0.29, 0.717) is 17.2 Å². The van der Waals surface area contributed by atoms with Crippen molar-refractivity contribution in [1.82, 2.24) is 14.7 Å². The molecule has 4 atom stereocenters. The summed E-state index contributed by atoms with van der Waals surface area (Å²) < 4.78 is 6.61. The van der Waals surface area contributed by atoms with Crippen LogP contribution in [0.1, 0.15) is 25.5 Å². The van der Waals surface area contributed by atoms with E-state index in [-0.39, 0.29) is 11.1 Å². The molecule has 0 unspecified atom stereocenters. The van der Waals surface area contributed by atoms with Crippen molar-refractivity contribution in [1.29, 1.82) is 0 Å². The van der Waals surface area contributed by atoms with Gasteiger partial charge in [-0.1, -0.05) is 38.1 Å². The van der Waals surface area contributed by atoms with Crippen LogP contribution >= 0.6 is 0 Å². The smallest absolute Gasteiger partial charge is 0.327 e. The highest BCUT2D eigenvalue weighted by Gasteiger charge is 2.70. The zero-order valence-corrected chi connectivity index (χ0v) is 21.3. The third kappa shape index (κ3) is 3.39. The Morgan fingerprint density at radius 1 is 1.05 bits per heavy atom. The second-order valence-corrected chi connectivity index (χ2v) is 9.97. The Hall–Kier alpha value is -4.05. The van der Waals surface area contributed by atoms with E-state index in [1.165, 1.54) is 11.5 Å². The van der Waals surface area contributed by atoms with Crippen LogP contribution in [0, 0.1) is 17.8 Å². The molecule has 1 aromatic carbocycles. The van der Waals surface area contributed by atoms with Crippen molar-refractivity contribution in [3.8, 4) is 0 Å². The molecular weight excluding hydrogens is 474 g/mol. The number of amides is 2. The fourth-order valence-corrected chi connectivity index (χ4v) is 5.85. The number of anilines is 2. The predicted octanol–water partition coefficient (Wildman–Crippen LogP) is 1.78. The monoisotopic (exact) mass is 503 g/mol. The topological polar surface area (TPSA) is 113 Å². The van der Waals surface area contributed by atoms with Crippen LogP contribution in [0.15, 0.2) is 59.5 Å². The van der Waals surface area contributed by atoms with Crippen molar-refractivity contribution in [2.75, 3.05) is 31.0 Å². The molecule has 0 radical (unpaired) electrons. The number of carbonyl (C=O) groups is 3. The molecule has 10 heteroatoms. The molecule has 10 nitrogen and oxygen atoms in total. The Bertz CT molecular complexity index is 1470. The fourth-order valence-electron chi connectivity index (χ4n) is 5.85. The molecular formula is C27H29N5O5. The van der Waals surface area contributed by atoms with Gasteiger partial charge in [-0.2, -0.15) is 0 Å². The van der Waals surface area contributed by atoms with Gasteiger partial charge in [0.05, 0.1) is 36.2 Å². The molecule has 37 heavy (non-hydrogen) atoms. The normalized spacial score (nSPS) is 25.1. The van der Waals surface area contributed by atoms with Gasteiger partial charge in [-0.15, -0.1) is 0 Å². The van der Waals surface area contributed by atoms with Crippen LogP contribution < -0.4 is 20.7 Å². The largest absolute Gasteiger partial charge is 0.468 e. The Balaban J connectivity index is 1.80. The van der Waals surface area contributed by atoms with E-state index in [1.54, 1.807) is 87.6 Å². The Morgan fingerprint density at radius 2 is 1.73 bits per heavy atom. The minimum Gasteiger partial charge on any atom is -0.468 e. The molecule has 0 bridgehead atoms. The fraction of sp³-hybridized carbons (Fsp3) is 0.370. The van der Waals surface area contributed by atoms with Gasteiger partial charge in [0, 0.05) is 20.3 Å². The van der Waals surface area contributed by atoms with Crippen LogP contribution in [-0.2, 0) is 19.1 Å². The van der Waals surface area contributed by atoms with Gasteiger partial charge in [0.1, 0.15) is 17.0 Å². The number of ether oxygens (including phenoxy) is 1. The number of fused-ring (bicyclic) bond motifs is 2. The first kappa shape index (κ1) is 24.6. The number of hydrogen-bond donors (Lipinski definition) is 1. The minimum atomic E-state index is -1.54. The van der Waals surface area contributed by atoms with Crippen molar-refractivity contribution in [3.63, 3.8) is 0 Å². The standard InChI is InChI=1S/C27H29N5O5/c1-15(2)27(26(36)37-5)20-18(24(34)32(25(20)35)16-11-7-6-8-12-16)21(29-27)19-22(30(3)4)28-17-13-9-10-14-31(17)23(19)33/h6-15,18,20-21,29H,1-5H3/t18-,20-,21+,27-/m0/s1. The van der Waals surface area contributed by atoms with Gasteiger partial charge in [-0.05, 0) is 30.2 Å². The summed E-state index contributed by atoms with van der Waals surface area (Å²) in [6.45, 7) is 3.59. The molecule has 2 saturated heterocycles. The molecule has 2 fully saturated rings. The van der Waals surface area contributed by atoms with Gasteiger partial charge in [0.15, 0.2) is 0 Å². The van der Waals surface area contributed by atoms with E-state index in [0.717, 1.165) is 4.90 Å². The highest BCUT2D eigenvalue weighted by Crippen LogP contribution is 2.52. The lowest BCUT2D eigenvalue weighted by Gasteiger charge is -2.36. The summed E-state index contributed by atoms with van der Waals surface area (Å²) in [7, 11) is 4.76. The number of nitrogens with zero attached hydrogens (tertiary/aromatic N) is 4. The van der Waals surface area contributed by atoms with Gasteiger partial charge in [0.2, 0.25) is 11.8 Å². The summed E-state index contributed by atoms with van der Waals surface area (Å²) in [6, 6.07) is 12.9. The first-order valence-electron chi connectivity index (χ1n) is 12.1. The number of methoxy groups -OCH3 is 1. The number of aromatic nitrogens is 2. The minimum absolute atomic E-state index is 0.214. The first-order valence-corrected chi connectivity index (χ1v) is 12.1. The summed E-state index contributed by atoms with van der Waals surface area (Å²) >= 11 is 0. The molecule has 2 aliphatic rings. The van der Waals surface area contributed by atoms with E-state index < -0.39 is 47.1 Å². The lowest BCUT2D eigenvalue weighted by molar-refractivity contribution is -0.154. The van der Waals surface area contributed by atoms with Crippen LogP contribution in [-0.4, -0.2) is 53.9 Å². The Labute approximate surface area is 213 Å². The predicted molar refractivity (Wildman–Crippen MR) is 137 cm³/mol. The molecule has 3 aromatic rings. The van der Waals surface area contributed by atoms with Gasteiger partial charge in [0.25, 0.3) is 5.56 Å². The van der Waals surface area contributed by atoms with E-state index >= 15 is 0 Å². The summed E-state index contributed by atoms with van der Waals surface area (Å²) in [5.74, 6) is -3.83. The number of para-hydroxylation sites is 1. The summed E-state index contributed by atoms with van der Waals surface area (Å²) in [5, 5.41) is 3.28. The highest BCUT2D eigenvalue weighted by molar-refractivity contribution is 6.24. The SMILES string of the molecule is COC(=O)[C@@]1(C(C)C)N[C@@H](c2c(N(C)C)nc3ccccn3c2=O)[C@H]2C(=O)N(c3ccccc3)C(=O)[C@H]21. The average Bonchev–Trinajstić information content (AvgIpc) is 3.38. The van der Waals surface area contributed by atoms with Crippen LogP contribution in [0.2, 0.25) is 0 Å². The third-order valence-electron chi connectivity index (χ3n) is 7.53. The number of nitrogens with one attached hydrogen (secondary N) is 1. The van der Waals surface area contributed by atoms with Crippen molar-refractivity contribution in [3.05, 3.63) is 70.6 Å². The zero-order valence-electron chi connectivity index (χ0n) is 21.3. The van der Waals surface area contributed by atoms with Crippen molar-refractivity contribution in [2.24, 2.45) is 17.8 Å². The lowest BCUT2D eigenvalue weighted by Crippen LogP contribution is -2.60. The van der Waals surface area contributed by atoms with Crippen molar-refractivity contribution >= 4 is 34.9 Å². The van der Waals surface area contributed by atoms with Crippen LogP contribution in [0.25, 0.3) is 5.65 Å². The van der Waals surface area contributed by atoms with Crippen LogP contribution in [0.3, 0.4) is 0 Å². The van der Waals surface area contributed by atoms with E-state index in [1.807, 2.05) is 0 Å². The van der Waals surface area contributed by atoms with E-state index in [9.17, 15) is 19.2 Å². The van der Waals surface area contributed by atoms with Crippen molar-refractivity contribution in [2.45, 2.75) is 25.4 Å². The molecule has 1 N–H and O–H groups in total. The second kappa shape index (κ2) is 8.81. The molecule has 2 amide bonds. The maximum Gasteiger partial charge on any atom is 0.327 e. The molecule has 0 aliphatic carbocycles. The molecule has 4 heterocycles. The number of pyridine rings is 1. The summed E-state index contributed by atoms with van der Waals surface area (Å²) in [4.78, 5) is 62.9. The van der Waals surface area contributed by atoms with Crippen molar-refractivity contribution < 1.29 is 19.1 Å². The summed E-state index contributed by atoms with van der Waals surface area (Å²) in [5.41, 5.74) is -0.849. The number of imide groups is 1. The molecule has 5 rings (SSSR count). The van der Waals surface area contributed by atoms with Gasteiger partial charge >= 0.3 is 5.97 Å². The molecule has 192 valence electrons. The Kier molecular flexibility index (Phi) is 5.86. The molecule has 2 aromatic heterocycles. The maximum absolute atomic E-state index is 14.0. The average molecular weight is 504 g/mol. The van der Waals surface area contributed by atoms with Gasteiger partial charge < -0.3 is 9.64 Å². The summed E-state index contributed by atoms with van der Waals surface area (Å²) in [6.07, 6.45) is 1.61. The lowest BCUT2D eigenvalue weighted by atomic mass is 9.73. The number of rotatable bonds is 5. The second-order valence-electron chi connectivity index (χ2n) is 9.97. The molecule has 2 aliphatic heterocycles. The maximum atomic E-state index is 14.0.